The molecule has 1 saturated carbocycles. The summed E-state index contributed by atoms with van der Waals surface area (Å²) in [5.41, 5.74) is 5.94. The van der Waals surface area contributed by atoms with Gasteiger partial charge in [0, 0.05) is 19.1 Å². The van der Waals surface area contributed by atoms with Gasteiger partial charge in [0.25, 0.3) is 0 Å². The van der Waals surface area contributed by atoms with Gasteiger partial charge in [-0.1, -0.05) is 13.8 Å². The SMILES string of the molecule is CCC(COC)NC(=O)C1CC(N)CCC1C. The summed E-state index contributed by atoms with van der Waals surface area (Å²) in [5.74, 6) is 0.663. The Hall–Kier alpha value is -0.610. The first-order valence-electron chi connectivity index (χ1n) is 6.63. The molecule has 4 atom stereocenters. The average molecular weight is 242 g/mol. The van der Waals surface area contributed by atoms with Crippen molar-refractivity contribution in [1.82, 2.24) is 5.32 Å². The van der Waals surface area contributed by atoms with Crippen molar-refractivity contribution in [2.75, 3.05) is 13.7 Å². The van der Waals surface area contributed by atoms with Crippen LogP contribution in [0.3, 0.4) is 0 Å². The molecule has 1 rings (SSSR count). The van der Waals surface area contributed by atoms with E-state index in [2.05, 4.69) is 19.2 Å². The number of hydrogen-bond acceptors (Lipinski definition) is 3. The minimum atomic E-state index is 0.0738. The smallest absolute Gasteiger partial charge is 0.223 e. The number of ether oxygens (including phenoxy) is 1. The molecule has 1 aliphatic carbocycles. The summed E-state index contributed by atoms with van der Waals surface area (Å²) in [7, 11) is 1.66. The van der Waals surface area contributed by atoms with E-state index >= 15 is 0 Å². The molecular formula is C13H26N2O2. The zero-order chi connectivity index (χ0) is 12.8. The molecule has 17 heavy (non-hydrogen) atoms. The minimum absolute atomic E-state index is 0.0738. The molecule has 0 aromatic heterocycles. The van der Waals surface area contributed by atoms with E-state index in [1.807, 2.05) is 0 Å². The van der Waals surface area contributed by atoms with E-state index in [1.54, 1.807) is 7.11 Å². The van der Waals surface area contributed by atoms with Crippen LogP contribution < -0.4 is 11.1 Å². The number of hydrogen-bond donors (Lipinski definition) is 2. The number of carbonyl (C=O) groups is 1. The van der Waals surface area contributed by atoms with Crippen LogP contribution in [-0.4, -0.2) is 31.7 Å². The highest BCUT2D eigenvalue weighted by Gasteiger charge is 2.31. The fourth-order valence-electron chi connectivity index (χ4n) is 2.49. The lowest BCUT2D eigenvalue weighted by molar-refractivity contribution is -0.128. The molecule has 4 unspecified atom stereocenters. The third kappa shape index (κ3) is 4.28. The van der Waals surface area contributed by atoms with Gasteiger partial charge in [-0.15, -0.1) is 0 Å². The molecule has 1 aliphatic rings. The van der Waals surface area contributed by atoms with Crippen LogP contribution in [0.5, 0.6) is 0 Å². The molecule has 0 aliphatic heterocycles. The highest BCUT2D eigenvalue weighted by Crippen LogP contribution is 2.29. The summed E-state index contributed by atoms with van der Waals surface area (Å²) in [6.45, 7) is 4.78. The maximum absolute atomic E-state index is 12.2. The van der Waals surface area contributed by atoms with Gasteiger partial charge in [-0.2, -0.15) is 0 Å². The van der Waals surface area contributed by atoms with Crippen molar-refractivity contribution in [2.24, 2.45) is 17.6 Å². The third-order valence-electron chi connectivity index (χ3n) is 3.78. The number of rotatable bonds is 5. The monoisotopic (exact) mass is 242 g/mol. The molecule has 100 valence electrons. The van der Waals surface area contributed by atoms with Gasteiger partial charge < -0.3 is 15.8 Å². The van der Waals surface area contributed by atoms with Crippen LogP contribution in [0.4, 0.5) is 0 Å². The van der Waals surface area contributed by atoms with Gasteiger partial charge in [-0.3, -0.25) is 4.79 Å². The molecule has 0 saturated heterocycles. The van der Waals surface area contributed by atoms with E-state index in [9.17, 15) is 4.79 Å². The van der Waals surface area contributed by atoms with Crippen LogP contribution in [0.25, 0.3) is 0 Å². The Kier molecular flexibility index (Phi) is 5.92. The van der Waals surface area contributed by atoms with E-state index in [0.717, 1.165) is 25.7 Å². The van der Waals surface area contributed by atoms with Crippen LogP contribution in [0.2, 0.25) is 0 Å². The van der Waals surface area contributed by atoms with Gasteiger partial charge in [0.15, 0.2) is 0 Å². The van der Waals surface area contributed by atoms with Crippen LogP contribution >= 0.6 is 0 Å². The van der Waals surface area contributed by atoms with Gasteiger partial charge in [0.1, 0.15) is 0 Å². The molecule has 0 aromatic rings. The number of nitrogens with one attached hydrogen (secondary N) is 1. The lowest BCUT2D eigenvalue weighted by Crippen LogP contribution is -2.46. The fraction of sp³-hybridized carbons (Fsp3) is 0.923. The second kappa shape index (κ2) is 6.97. The largest absolute Gasteiger partial charge is 0.383 e. The van der Waals surface area contributed by atoms with Gasteiger partial charge in [-0.05, 0) is 31.6 Å². The van der Waals surface area contributed by atoms with Gasteiger partial charge in [-0.25, -0.2) is 0 Å². The maximum Gasteiger partial charge on any atom is 0.223 e. The minimum Gasteiger partial charge on any atom is -0.383 e. The highest BCUT2D eigenvalue weighted by atomic mass is 16.5. The molecular weight excluding hydrogens is 216 g/mol. The number of methoxy groups -OCH3 is 1. The van der Waals surface area contributed by atoms with E-state index in [1.165, 1.54) is 0 Å². The fourth-order valence-corrected chi connectivity index (χ4v) is 2.49. The topological polar surface area (TPSA) is 64.3 Å². The average Bonchev–Trinajstić information content (AvgIpc) is 2.31. The summed E-state index contributed by atoms with van der Waals surface area (Å²) in [6.07, 6.45) is 3.81. The van der Waals surface area contributed by atoms with E-state index in [-0.39, 0.29) is 23.9 Å². The Labute approximate surface area is 104 Å². The maximum atomic E-state index is 12.2. The summed E-state index contributed by atoms with van der Waals surface area (Å²) in [6, 6.07) is 0.308. The lowest BCUT2D eigenvalue weighted by atomic mass is 9.77. The van der Waals surface area contributed by atoms with Crippen molar-refractivity contribution < 1.29 is 9.53 Å². The normalized spacial score (nSPS) is 30.9. The highest BCUT2D eigenvalue weighted by molar-refractivity contribution is 5.79. The second-order valence-corrected chi connectivity index (χ2v) is 5.23. The second-order valence-electron chi connectivity index (χ2n) is 5.23. The van der Waals surface area contributed by atoms with Gasteiger partial charge in [0.05, 0.1) is 12.6 Å². The molecule has 0 radical (unpaired) electrons. The summed E-state index contributed by atoms with van der Waals surface area (Å²) < 4.78 is 5.09. The molecule has 0 bridgehead atoms. The van der Waals surface area contributed by atoms with Crippen molar-refractivity contribution in [2.45, 2.75) is 51.6 Å². The quantitative estimate of drug-likeness (QED) is 0.763. The molecule has 4 nitrogen and oxygen atoms in total. The lowest BCUT2D eigenvalue weighted by Gasteiger charge is -2.32. The van der Waals surface area contributed by atoms with Crippen LogP contribution in [0.1, 0.15) is 39.5 Å². The number of nitrogens with two attached hydrogens (primary N) is 1. The van der Waals surface area contributed by atoms with Gasteiger partial charge in [0.2, 0.25) is 5.91 Å². The Morgan fingerprint density at radius 2 is 2.24 bits per heavy atom. The van der Waals surface area contributed by atoms with Crippen LogP contribution in [-0.2, 0) is 9.53 Å². The Morgan fingerprint density at radius 1 is 1.53 bits per heavy atom. The van der Waals surface area contributed by atoms with Crippen molar-refractivity contribution in [3.05, 3.63) is 0 Å². The van der Waals surface area contributed by atoms with E-state index in [4.69, 9.17) is 10.5 Å². The molecule has 1 fully saturated rings. The molecule has 0 heterocycles. The summed E-state index contributed by atoms with van der Waals surface area (Å²) in [4.78, 5) is 12.2. The third-order valence-corrected chi connectivity index (χ3v) is 3.78. The van der Waals surface area contributed by atoms with Crippen molar-refractivity contribution >= 4 is 5.91 Å². The predicted octanol–water partition coefficient (Wildman–Crippen LogP) is 1.29. The first kappa shape index (κ1) is 14.5. The Morgan fingerprint density at radius 3 is 2.82 bits per heavy atom. The molecule has 1 amide bonds. The van der Waals surface area contributed by atoms with Crippen LogP contribution in [0.15, 0.2) is 0 Å². The van der Waals surface area contributed by atoms with Crippen molar-refractivity contribution in [3.8, 4) is 0 Å². The Balaban J connectivity index is 2.49. The van der Waals surface area contributed by atoms with Crippen molar-refractivity contribution in [1.29, 1.82) is 0 Å². The Bertz CT molecular complexity index is 246. The standard InChI is InChI=1S/C13H26N2O2/c1-4-11(8-17-3)15-13(16)12-7-10(14)6-5-9(12)2/h9-12H,4-8,14H2,1-3H3,(H,15,16). The first-order chi connectivity index (χ1) is 8.08. The van der Waals surface area contributed by atoms with Crippen molar-refractivity contribution in [3.63, 3.8) is 0 Å². The summed E-state index contributed by atoms with van der Waals surface area (Å²) >= 11 is 0. The molecule has 4 heteroatoms. The van der Waals surface area contributed by atoms with Crippen LogP contribution in [0, 0.1) is 11.8 Å². The first-order valence-corrected chi connectivity index (χ1v) is 6.63. The summed E-state index contributed by atoms with van der Waals surface area (Å²) in [5, 5.41) is 3.07. The molecule has 0 spiro atoms. The molecule has 3 N–H and O–H groups in total. The zero-order valence-electron chi connectivity index (χ0n) is 11.2. The van der Waals surface area contributed by atoms with E-state index < -0.39 is 0 Å². The van der Waals surface area contributed by atoms with E-state index in [0.29, 0.717) is 12.5 Å². The number of amides is 1. The van der Waals surface area contributed by atoms with Gasteiger partial charge >= 0.3 is 0 Å². The zero-order valence-corrected chi connectivity index (χ0v) is 11.2. The predicted molar refractivity (Wildman–Crippen MR) is 68.6 cm³/mol. The number of carbonyl (C=O) groups excluding carboxylic acids is 1. The molecule has 0 aromatic carbocycles.